The zero-order valence-corrected chi connectivity index (χ0v) is 6.79. The summed E-state index contributed by atoms with van der Waals surface area (Å²) in [6.07, 6.45) is 1.43. The number of nitrogens with zero attached hydrogens (tertiary/aromatic N) is 3. The molecular weight excluding hydrogens is 166 g/mol. The fourth-order valence-corrected chi connectivity index (χ4v) is 1.08. The van der Waals surface area contributed by atoms with Gasteiger partial charge in [-0.2, -0.15) is 0 Å². The quantitative estimate of drug-likeness (QED) is 0.473. The Balaban J connectivity index is 2.48. The summed E-state index contributed by atoms with van der Waals surface area (Å²) < 4.78 is 0. The highest BCUT2D eigenvalue weighted by Gasteiger charge is 2.01. The summed E-state index contributed by atoms with van der Waals surface area (Å²) in [5, 5.41) is 17.9. The van der Waals surface area contributed by atoms with E-state index in [2.05, 4.69) is 10.2 Å². The second kappa shape index (κ2) is 3.18. The molecule has 0 saturated heterocycles. The predicted octanol–water partition coefficient (Wildman–Crippen LogP) is 0.777. The molecule has 0 atom stereocenters. The fourth-order valence-electron chi connectivity index (χ4n) is 1.08. The molecule has 1 heterocycles. The lowest BCUT2D eigenvalue weighted by Gasteiger charge is -1.96. The van der Waals surface area contributed by atoms with Gasteiger partial charge in [-0.05, 0) is 6.07 Å². The third kappa shape index (κ3) is 1.61. The first kappa shape index (κ1) is 7.67. The van der Waals surface area contributed by atoms with E-state index in [1.807, 2.05) is 30.3 Å². The van der Waals surface area contributed by atoms with Crippen LogP contribution in [0.15, 0.2) is 42.6 Å². The van der Waals surface area contributed by atoms with Crippen LogP contribution in [0.5, 0.6) is 0 Å². The molecule has 0 radical (unpaired) electrons. The van der Waals surface area contributed by atoms with Crippen molar-refractivity contribution in [3.63, 3.8) is 0 Å². The van der Waals surface area contributed by atoms with Crippen LogP contribution in [0.4, 0.5) is 0 Å². The van der Waals surface area contributed by atoms with Crippen molar-refractivity contribution in [1.29, 1.82) is 0 Å². The van der Waals surface area contributed by atoms with E-state index in [1.165, 1.54) is 6.20 Å². The predicted molar refractivity (Wildman–Crippen MR) is 46.4 cm³/mol. The minimum atomic E-state index is 0.308. The lowest BCUT2D eigenvalue weighted by atomic mass is 10.2. The van der Waals surface area contributed by atoms with Gasteiger partial charge in [0, 0.05) is 15.8 Å². The molecule has 0 N–H and O–H groups in total. The third-order valence-electron chi connectivity index (χ3n) is 1.66. The van der Waals surface area contributed by atoms with Crippen LogP contribution in [0.3, 0.4) is 0 Å². The van der Waals surface area contributed by atoms with Gasteiger partial charge in [0.1, 0.15) is 11.9 Å². The molecule has 0 fully saturated rings. The van der Waals surface area contributed by atoms with Crippen LogP contribution in [-0.4, -0.2) is 10.2 Å². The average Bonchev–Trinajstić information content (AvgIpc) is 2.19. The molecule has 0 aliphatic rings. The van der Waals surface area contributed by atoms with E-state index in [-0.39, 0.29) is 0 Å². The highest BCUT2D eigenvalue weighted by atomic mass is 16.5. The highest BCUT2D eigenvalue weighted by Crippen LogP contribution is 2.12. The molecule has 1 aromatic heterocycles. The fraction of sp³-hybridized carbons (Fsp3) is 0. The molecule has 2 aromatic rings. The molecule has 0 aliphatic carbocycles. The van der Waals surface area contributed by atoms with Gasteiger partial charge in [0.15, 0.2) is 0 Å². The Morgan fingerprint density at radius 3 is 2.54 bits per heavy atom. The van der Waals surface area contributed by atoms with Crippen molar-refractivity contribution in [3.05, 3.63) is 47.8 Å². The molecule has 0 spiro atoms. The summed E-state index contributed by atoms with van der Waals surface area (Å²) in [6.45, 7) is 0. The lowest BCUT2D eigenvalue weighted by molar-refractivity contribution is -0.727. The normalized spacial score (nSPS) is 9.85. The molecule has 4 nitrogen and oxygen atoms in total. The zero-order chi connectivity index (χ0) is 9.10. The number of hydrogen-bond acceptors (Lipinski definition) is 3. The van der Waals surface area contributed by atoms with Gasteiger partial charge in [0.2, 0.25) is 0 Å². The Morgan fingerprint density at radius 2 is 1.85 bits per heavy atom. The summed E-state index contributed by atoms with van der Waals surface area (Å²) in [5.74, 6) is 0. The second-order valence-corrected chi connectivity index (χ2v) is 2.54. The van der Waals surface area contributed by atoms with Crippen LogP contribution in [-0.2, 0) is 0 Å². The van der Waals surface area contributed by atoms with Gasteiger partial charge in [0.25, 0.3) is 0 Å². The van der Waals surface area contributed by atoms with E-state index in [1.54, 1.807) is 6.07 Å². The molecule has 0 unspecified atom stereocenters. The molecule has 0 amide bonds. The zero-order valence-electron chi connectivity index (χ0n) is 6.79. The maximum Gasteiger partial charge on any atom is 0.144 e. The SMILES string of the molecule is [O-][n+]1nccc(-c2ccccc2)n1. The Labute approximate surface area is 75.0 Å². The monoisotopic (exact) mass is 173 g/mol. The van der Waals surface area contributed by atoms with E-state index in [0.717, 1.165) is 5.56 Å². The number of rotatable bonds is 1. The van der Waals surface area contributed by atoms with E-state index in [0.29, 0.717) is 10.7 Å². The summed E-state index contributed by atoms with van der Waals surface area (Å²) >= 11 is 0. The van der Waals surface area contributed by atoms with Crippen LogP contribution in [0.2, 0.25) is 0 Å². The van der Waals surface area contributed by atoms with Crippen molar-refractivity contribution in [1.82, 2.24) is 10.2 Å². The van der Waals surface area contributed by atoms with Gasteiger partial charge < -0.3 is 5.21 Å². The Morgan fingerprint density at radius 1 is 1.08 bits per heavy atom. The van der Waals surface area contributed by atoms with Crippen molar-refractivity contribution < 1.29 is 4.96 Å². The summed E-state index contributed by atoms with van der Waals surface area (Å²) in [6, 6.07) is 11.2. The molecule has 64 valence electrons. The van der Waals surface area contributed by atoms with Crippen LogP contribution >= 0.6 is 0 Å². The standard InChI is InChI=1S/C9H7N3O/c13-12-10-7-6-9(11-12)8-4-2-1-3-5-8/h1-7H. The Hall–Kier alpha value is -1.97. The average molecular weight is 173 g/mol. The van der Waals surface area contributed by atoms with Crippen molar-refractivity contribution in [2.45, 2.75) is 0 Å². The first-order valence-corrected chi connectivity index (χ1v) is 3.85. The first-order chi connectivity index (χ1) is 6.36. The van der Waals surface area contributed by atoms with E-state index in [9.17, 15) is 5.21 Å². The molecule has 0 saturated carbocycles. The molecule has 4 heteroatoms. The van der Waals surface area contributed by atoms with Crippen molar-refractivity contribution >= 4 is 0 Å². The lowest BCUT2D eigenvalue weighted by Crippen LogP contribution is -2.35. The van der Waals surface area contributed by atoms with Crippen molar-refractivity contribution in [3.8, 4) is 11.3 Å². The number of benzene rings is 1. The van der Waals surface area contributed by atoms with Gasteiger partial charge in [-0.15, -0.1) is 0 Å². The molecule has 1 aromatic carbocycles. The topological polar surface area (TPSA) is 52.7 Å². The third-order valence-corrected chi connectivity index (χ3v) is 1.66. The van der Waals surface area contributed by atoms with Gasteiger partial charge in [-0.25, -0.2) is 0 Å². The minimum Gasteiger partial charge on any atom is -0.569 e. The highest BCUT2D eigenvalue weighted by molar-refractivity contribution is 5.57. The van der Waals surface area contributed by atoms with Crippen LogP contribution in [0.25, 0.3) is 11.3 Å². The summed E-state index contributed by atoms with van der Waals surface area (Å²) in [7, 11) is 0. The van der Waals surface area contributed by atoms with Crippen LogP contribution in [0, 0.1) is 5.21 Å². The molecule has 2 rings (SSSR count). The second-order valence-electron chi connectivity index (χ2n) is 2.54. The summed E-state index contributed by atoms with van der Waals surface area (Å²) in [5.41, 5.74) is 1.54. The largest absolute Gasteiger partial charge is 0.569 e. The van der Waals surface area contributed by atoms with E-state index < -0.39 is 0 Å². The Bertz CT molecular complexity index is 403. The van der Waals surface area contributed by atoms with E-state index in [4.69, 9.17) is 0 Å². The van der Waals surface area contributed by atoms with Gasteiger partial charge in [-0.1, -0.05) is 30.3 Å². The Kier molecular flexibility index (Phi) is 1.88. The number of aromatic nitrogens is 3. The summed E-state index contributed by atoms with van der Waals surface area (Å²) in [4.78, 5) is 0.308. The smallest absolute Gasteiger partial charge is 0.144 e. The maximum absolute atomic E-state index is 10.8. The van der Waals surface area contributed by atoms with Crippen molar-refractivity contribution in [2.75, 3.05) is 0 Å². The van der Waals surface area contributed by atoms with Gasteiger partial charge >= 0.3 is 0 Å². The van der Waals surface area contributed by atoms with Gasteiger partial charge in [0.05, 0.1) is 4.96 Å². The van der Waals surface area contributed by atoms with Crippen LogP contribution in [0.1, 0.15) is 0 Å². The molecular formula is C9H7N3O. The van der Waals surface area contributed by atoms with Crippen molar-refractivity contribution in [2.24, 2.45) is 0 Å². The molecule has 0 aliphatic heterocycles. The number of hydrogen-bond donors (Lipinski definition) is 0. The van der Waals surface area contributed by atoms with E-state index >= 15 is 0 Å². The van der Waals surface area contributed by atoms with Gasteiger partial charge in [-0.3, -0.25) is 0 Å². The first-order valence-electron chi connectivity index (χ1n) is 3.85. The molecule has 0 bridgehead atoms. The maximum atomic E-state index is 10.8. The minimum absolute atomic E-state index is 0.308. The molecule has 13 heavy (non-hydrogen) atoms. The van der Waals surface area contributed by atoms with Crippen LogP contribution < -0.4 is 4.96 Å².